The second kappa shape index (κ2) is 3.67. The summed E-state index contributed by atoms with van der Waals surface area (Å²) in [5.41, 5.74) is 8.51. The third kappa shape index (κ3) is 1.47. The zero-order valence-electron chi connectivity index (χ0n) is 9.32. The van der Waals surface area contributed by atoms with Crippen LogP contribution in [-0.2, 0) is 0 Å². The summed E-state index contributed by atoms with van der Waals surface area (Å²) in [6.07, 6.45) is 5.01. The van der Waals surface area contributed by atoms with Crippen LogP contribution in [0.25, 0.3) is 0 Å². The van der Waals surface area contributed by atoms with Crippen molar-refractivity contribution >= 4 is 5.69 Å². The van der Waals surface area contributed by atoms with E-state index in [-0.39, 0.29) is 6.04 Å². The van der Waals surface area contributed by atoms with E-state index in [1.165, 1.54) is 25.7 Å². The van der Waals surface area contributed by atoms with Crippen molar-refractivity contribution in [2.75, 3.05) is 5.32 Å². The van der Waals surface area contributed by atoms with Gasteiger partial charge >= 0.3 is 0 Å². The Morgan fingerprint density at radius 1 is 1.25 bits per heavy atom. The lowest BCUT2D eigenvalue weighted by molar-refractivity contribution is 0.270. The number of nitrogens with two attached hydrogens (primary N) is 1. The standard InChI is InChI=1S/C13H18N2O/c14-13-9-3-1-2-4-11(9)15-12-7-8(16)5-6-10(12)13/h5-7,9,11,13,15-16H,1-4,14H2. The topological polar surface area (TPSA) is 58.3 Å². The van der Waals surface area contributed by atoms with Crippen LogP contribution in [0.3, 0.4) is 0 Å². The van der Waals surface area contributed by atoms with Gasteiger partial charge in [0.25, 0.3) is 0 Å². The molecule has 3 heteroatoms. The average Bonchev–Trinajstić information content (AvgIpc) is 2.29. The SMILES string of the molecule is NC1c2ccc(O)cc2NC2CCCCC21. The van der Waals surface area contributed by atoms with E-state index < -0.39 is 0 Å². The Hall–Kier alpha value is -1.22. The predicted molar refractivity (Wildman–Crippen MR) is 64.4 cm³/mol. The largest absolute Gasteiger partial charge is 0.508 e. The number of fused-ring (bicyclic) bond motifs is 2. The van der Waals surface area contributed by atoms with Crippen LogP contribution < -0.4 is 11.1 Å². The van der Waals surface area contributed by atoms with E-state index in [1.54, 1.807) is 12.1 Å². The monoisotopic (exact) mass is 218 g/mol. The summed E-state index contributed by atoms with van der Waals surface area (Å²) >= 11 is 0. The summed E-state index contributed by atoms with van der Waals surface area (Å²) in [4.78, 5) is 0. The minimum absolute atomic E-state index is 0.127. The maximum atomic E-state index is 9.49. The molecule has 16 heavy (non-hydrogen) atoms. The van der Waals surface area contributed by atoms with Gasteiger partial charge in [-0.1, -0.05) is 18.9 Å². The molecule has 3 atom stereocenters. The summed E-state index contributed by atoms with van der Waals surface area (Å²) in [6, 6.07) is 6.09. The van der Waals surface area contributed by atoms with Crippen molar-refractivity contribution in [3.63, 3.8) is 0 Å². The van der Waals surface area contributed by atoms with Crippen molar-refractivity contribution in [2.24, 2.45) is 11.7 Å². The quantitative estimate of drug-likeness (QED) is 0.626. The summed E-state index contributed by atoms with van der Waals surface area (Å²) < 4.78 is 0. The Kier molecular flexibility index (Phi) is 2.28. The number of phenolic OH excluding ortho intramolecular Hbond substituents is 1. The van der Waals surface area contributed by atoms with E-state index in [2.05, 4.69) is 5.32 Å². The first kappa shape index (κ1) is 9.97. The minimum Gasteiger partial charge on any atom is -0.508 e. The molecule has 0 radical (unpaired) electrons. The molecule has 3 nitrogen and oxygen atoms in total. The van der Waals surface area contributed by atoms with Crippen LogP contribution in [-0.4, -0.2) is 11.1 Å². The van der Waals surface area contributed by atoms with Crippen LogP contribution in [0.2, 0.25) is 0 Å². The van der Waals surface area contributed by atoms with Crippen molar-refractivity contribution in [3.05, 3.63) is 23.8 Å². The molecule has 0 spiro atoms. The maximum Gasteiger partial charge on any atom is 0.117 e. The number of aromatic hydroxyl groups is 1. The van der Waals surface area contributed by atoms with Gasteiger partial charge in [-0.05, 0) is 30.4 Å². The van der Waals surface area contributed by atoms with Crippen molar-refractivity contribution in [3.8, 4) is 5.75 Å². The second-order valence-electron chi connectivity index (χ2n) is 5.00. The molecule has 1 aliphatic heterocycles. The molecule has 1 aromatic rings. The fourth-order valence-electron chi connectivity index (χ4n) is 3.16. The Balaban J connectivity index is 1.99. The van der Waals surface area contributed by atoms with Crippen LogP contribution in [0.1, 0.15) is 37.3 Å². The molecule has 0 amide bonds. The molecule has 1 aromatic carbocycles. The van der Waals surface area contributed by atoms with Crippen LogP contribution in [0.15, 0.2) is 18.2 Å². The number of hydrogen-bond acceptors (Lipinski definition) is 3. The Labute approximate surface area is 95.7 Å². The van der Waals surface area contributed by atoms with E-state index in [9.17, 15) is 5.11 Å². The Morgan fingerprint density at radius 3 is 2.94 bits per heavy atom. The molecule has 1 saturated carbocycles. The zero-order chi connectivity index (χ0) is 11.1. The Morgan fingerprint density at radius 2 is 2.06 bits per heavy atom. The summed E-state index contributed by atoms with van der Waals surface area (Å²) in [5, 5.41) is 13.0. The smallest absolute Gasteiger partial charge is 0.117 e. The second-order valence-corrected chi connectivity index (χ2v) is 5.00. The van der Waals surface area contributed by atoms with Gasteiger partial charge in [0.1, 0.15) is 5.75 Å². The van der Waals surface area contributed by atoms with Crippen LogP contribution in [0, 0.1) is 5.92 Å². The minimum atomic E-state index is 0.127. The molecule has 1 aliphatic carbocycles. The number of hydrogen-bond donors (Lipinski definition) is 3. The summed E-state index contributed by atoms with van der Waals surface area (Å²) in [6.45, 7) is 0. The van der Waals surface area contributed by atoms with E-state index in [0.717, 1.165) is 11.3 Å². The van der Waals surface area contributed by atoms with Gasteiger partial charge in [0, 0.05) is 23.8 Å². The van der Waals surface area contributed by atoms with Crippen molar-refractivity contribution < 1.29 is 5.11 Å². The number of rotatable bonds is 0. The molecule has 0 bridgehead atoms. The van der Waals surface area contributed by atoms with Gasteiger partial charge < -0.3 is 16.2 Å². The molecule has 1 fully saturated rings. The fourth-order valence-corrected chi connectivity index (χ4v) is 3.16. The highest BCUT2D eigenvalue weighted by Crippen LogP contribution is 2.42. The molecule has 3 rings (SSSR count). The Bertz CT molecular complexity index is 405. The van der Waals surface area contributed by atoms with Crippen molar-refractivity contribution in [2.45, 2.75) is 37.8 Å². The highest BCUT2D eigenvalue weighted by atomic mass is 16.3. The molecular weight excluding hydrogens is 200 g/mol. The highest BCUT2D eigenvalue weighted by Gasteiger charge is 2.35. The highest BCUT2D eigenvalue weighted by molar-refractivity contribution is 5.59. The first-order valence-electron chi connectivity index (χ1n) is 6.11. The maximum absolute atomic E-state index is 9.49. The van der Waals surface area contributed by atoms with Crippen LogP contribution in [0.5, 0.6) is 5.75 Å². The first-order valence-corrected chi connectivity index (χ1v) is 6.11. The number of nitrogens with one attached hydrogen (secondary N) is 1. The van der Waals surface area contributed by atoms with Crippen molar-refractivity contribution in [1.29, 1.82) is 0 Å². The number of phenols is 1. The molecule has 86 valence electrons. The molecule has 2 aliphatic rings. The molecule has 1 heterocycles. The lowest BCUT2D eigenvalue weighted by Gasteiger charge is -2.42. The van der Waals surface area contributed by atoms with Gasteiger partial charge in [-0.2, -0.15) is 0 Å². The van der Waals surface area contributed by atoms with Crippen molar-refractivity contribution in [1.82, 2.24) is 0 Å². The average molecular weight is 218 g/mol. The molecular formula is C13H18N2O. The van der Waals surface area contributed by atoms with Gasteiger partial charge in [0.2, 0.25) is 0 Å². The molecule has 3 unspecified atom stereocenters. The lowest BCUT2D eigenvalue weighted by atomic mass is 9.75. The van der Waals surface area contributed by atoms with Gasteiger partial charge in [0.15, 0.2) is 0 Å². The lowest BCUT2D eigenvalue weighted by Crippen LogP contribution is -2.43. The number of benzene rings is 1. The van der Waals surface area contributed by atoms with Gasteiger partial charge in [-0.25, -0.2) is 0 Å². The zero-order valence-corrected chi connectivity index (χ0v) is 9.32. The summed E-state index contributed by atoms with van der Waals surface area (Å²) in [7, 11) is 0. The van der Waals surface area contributed by atoms with Gasteiger partial charge in [-0.15, -0.1) is 0 Å². The third-order valence-corrected chi connectivity index (χ3v) is 4.02. The van der Waals surface area contributed by atoms with Crippen LogP contribution >= 0.6 is 0 Å². The third-order valence-electron chi connectivity index (χ3n) is 4.02. The van der Waals surface area contributed by atoms with Gasteiger partial charge in [-0.3, -0.25) is 0 Å². The normalized spacial score (nSPS) is 32.4. The molecule has 0 saturated heterocycles. The van der Waals surface area contributed by atoms with E-state index in [1.807, 2.05) is 6.07 Å². The van der Waals surface area contributed by atoms with E-state index in [0.29, 0.717) is 17.7 Å². The van der Waals surface area contributed by atoms with Crippen LogP contribution in [0.4, 0.5) is 5.69 Å². The fraction of sp³-hybridized carbons (Fsp3) is 0.538. The van der Waals surface area contributed by atoms with E-state index in [4.69, 9.17) is 5.73 Å². The predicted octanol–water partition coefficient (Wildman–Crippen LogP) is 2.38. The molecule has 0 aromatic heterocycles. The first-order chi connectivity index (χ1) is 7.75. The summed E-state index contributed by atoms with van der Waals surface area (Å²) in [5.74, 6) is 0.874. The number of anilines is 1. The van der Waals surface area contributed by atoms with Gasteiger partial charge in [0.05, 0.1) is 0 Å². The molecule has 4 N–H and O–H groups in total. The van der Waals surface area contributed by atoms with E-state index >= 15 is 0 Å².